The zero-order chi connectivity index (χ0) is 47.6. The van der Waals surface area contributed by atoms with Crippen molar-refractivity contribution < 1.29 is 129 Å². The van der Waals surface area contributed by atoms with Gasteiger partial charge in [0, 0.05) is 24.7 Å². The molecule has 0 spiro atoms. The van der Waals surface area contributed by atoms with E-state index in [-0.39, 0.29) is 17.9 Å². The molecule has 0 aromatic heterocycles. The fourth-order valence-corrected chi connectivity index (χ4v) is 8.36. The van der Waals surface area contributed by atoms with E-state index in [1.54, 1.807) is 0 Å². The number of benzene rings is 1. The summed E-state index contributed by atoms with van der Waals surface area (Å²) in [5.74, 6) is -0.960. The number of ether oxygens (including phenoxy) is 9. The number of nitro groups is 1. The Morgan fingerprint density at radius 3 is 1.17 bits per heavy atom. The van der Waals surface area contributed by atoms with Gasteiger partial charge in [-0.15, -0.1) is 0 Å². The van der Waals surface area contributed by atoms with Gasteiger partial charge in [-0.2, -0.15) is 0 Å². The van der Waals surface area contributed by atoms with Crippen molar-refractivity contribution in [3.63, 3.8) is 0 Å². The van der Waals surface area contributed by atoms with Gasteiger partial charge in [0.1, 0.15) is 116 Å². The fourth-order valence-electron chi connectivity index (χ4n) is 8.36. The van der Waals surface area contributed by atoms with Gasteiger partial charge in [-0.3, -0.25) is 10.1 Å². The van der Waals surface area contributed by atoms with Crippen molar-refractivity contribution in [2.24, 2.45) is 5.92 Å². The highest BCUT2D eigenvalue weighted by molar-refractivity contribution is 5.36. The first kappa shape index (κ1) is 51.8. The van der Waals surface area contributed by atoms with Crippen molar-refractivity contribution in [2.75, 3.05) is 33.0 Å². The Kier molecular flexibility index (Phi) is 17.8. The van der Waals surface area contributed by atoms with Crippen LogP contribution in [-0.2, 0) is 37.9 Å². The molecule has 372 valence electrons. The van der Waals surface area contributed by atoms with E-state index in [4.69, 9.17) is 42.6 Å². The third-order valence-electron chi connectivity index (χ3n) is 12.1. The number of hydrogen-bond donors (Lipinski definition) is 16. The summed E-state index contributed by atoms with van der Waals surface area (Å²) in [6, 6.07) is 4.60. The molecule has 5 fully saturated rings. The van der Waals surface area contributed by atoms with Crippen molar-refractivity contribution >= 4 is 5.69 Å². The van der Waals surface area contributed by atoms with Crippen molar-refractivity contribution in [1.82, 2.24) is 0 Å². The highest BCUT2D eigenvalue weighted by Crippen LogP contribution is 2.37. The molecule has 4 heterocycles. The molecule has 28 nitrogen and oxygen atoms in total. The van der Waals surface area contributed by atoms with Crippen LogP contribution in [0.3, 0.4) is 0 Å². The molecule has 65 heavy (non-hydrogen) atoms. The minimum absolute atomic E-state index is 0.0162. The van der Waals surface area contributed by atoms with E-state index in [1.165, 1.54) is 12.1 Å². The zero-order valence-electron chi connectivity index (χ0n) is 34.1. The van der Waals surface area contributed by atoms with Gasteiger partial charge in [-0.05, 0) is 18.6 Å². The highest BCUT2D eigenvalue weighted by atomic mass is 16.8. The Morgan fingerprint density at radius 1 is 0.462 bits per heavy atom. The van der Waals surface area contributed by atoms with E-state index in [0.717, 1.165) is 12.1 Å². The highest BCUT2D eigenvalue weighted by Gasteiger charge is 2.56. The van der Waals surface area contributed by atoms with Gasteiger partial charge in [0.15, 0.2) is 18.9 Å². The van der Waals surface area contributed by atoms with Crippen LogP contribution < -0.4 is 4.74 Å². The Balaban J connectivity index is 1.07. The van der Waals surface area contributed by atoms with Crippen molar-refractivity contribution in [1.29, 1.82) is 0 Å². The first-order valence-corrected chi connectivity index (χ1v) is 20.6. The third-order valence-corrected chi connectivity index (χ3v) is 12.1. The molecule has 16 N–H and O–H groups in total. The summed E-state index contributed by atoms with van der Waals surface area (Å²) in [6.45, 7) is -4.32. The maximum absolute atomic E-state index is 11.2. The summed E-state index contributed by atoms with van der Waals surface area (Å²) >= 11 is 0. The van der Waals surface area contributed by atoms with E-state index in [1.807, 2.05) is 0 Å². The van der Waals surface area contributed by atoms with Gasteiger partial charge < -0.3 is 124 Å². The van der Waals surface area contributed by atoms with Crippen LogP contribution in [-0.4, -0.2) is 267 Å². The molecule has 5 aliphatic rings. The lowest BCUT2D eigenvalue weighted by Crippen LogP contribution is -2.68. The molecule has 4 aliphatic heterocycles. The van der Waals surface area contributed by atoms with Crippen LogP contribution in [0, 0.1) is 16.0 Å². The van der Waals surface area contributed by atoms with Crippen LogP contribution in [0.2, 0.25) is 0 Å². The topological polar surface area (TPSA) is 450 Å². The van der Waals surface area contributed by atoms with E-state index in [0.29, 0.717) is 0 Å². The minimum Gasteiger partial charge on any atom is -0.462 e. The van der Waals surface area contributed by atoms with Gasteiger partial charge in [0.25, 0.3) is 5.69 Å². The molecule has 2 unspecified atom stereocenters. The first-order valence-electron chi connectivity index (χ1n) is 20.6. The molecule has 1 aromatic rings. The smallest absolute Gasteiger partial charge is 0.269 e. The number of aliphatic hydroxyl groups excluding tert-OH is 16. The number of aliphatic hydroxyl groups is 16. The molecule has 1 aliphatic carbocycles. The number of rotatable bonds is 16. The van der Waals surface area contributed by atoms with Crippen molar-refractivity contribution in [3.8, 4) is 5.75 Å². The lowest BCUT2D eigenvalue weighted by Gasteiger charge is -2.49. The second-order valence-electron chi connectivity index (χ2n) is 16.3. The van der Waals surface area contributed by atoms with Crippen LogP contribution in [0.15, 0.2) is 24.3 Å². The maximum atomic E-state index is 11.2. The quantitative estimate of drug-likeness (QED) is 0.0540. The van der Waals surface area contributed by atoms with Gasteiger partial charge in [0.2, 0.25) is 6.29 Å². The van der Waals surface area contributed by atoms with Gasteiger partial charge in [-0.25, -0.2) is 0 Å². The molecular weight excluding hydrogens is 890 g/mol. The molecule has 0 amide bonds. The Hall–Kier alpha value is -2.54. The second kappa shape index (κ2) is 22.3. The summed E-state index contributed by atoms with van der Waals surface area (Å²) in [4.78, 5) is 10.3. The normalized spacial score (nSPS) is 47.3. The molecule has 0 radical (unpaired) electrons. The number of nitrogens with zero attached hydrogens (tertiary/aromatic N) is 1. The standard InChI is InChI=1S/C37H57NO27/c39-6-11-5-14(20(45)21(46)19(11)44)58-30-15(7-40)60-35(27(52)22(30)47)64-32-17(9-42)62-37(29(54)24(32)49)65-33-18(10-43)61-36(28(53)25(33)50)63-31-16(8-41)59-34(26(51)23(31)48)57-13-3-1-12(2-4-13)38(55)56/h1-4,11,14-37,39-54H,5-10H2/t11-,14-,15-,16-,17-,18-,19-,20+,21+,22-,23-,24-,25-,26-,27-,28-,29-,30-,31?,32?,33-,34-,35+,36+,37+/m1/s1. The average Bonchev–Trinajstić information content (AvgIpc) is 3.30. The predicted octanol–water partition coefficient (Wildman–Crippen LogP) is -9.27. The van der Waals surface area contributed by atoms with Crippen molar-refractivity contribution in [3.05, 3.63) is 34.4 Å². The lowest BCUT2D eigenvalue weighted by molar-refractivity contribution is -0.388. The van der Waals surface area contributed by atoms with Gasteiger partial charge in [0.05, 0.1) is 43.6 Å². The summed E-state index contributed by atoms with van der Waals surface area (Å²) in [7, 11) is 0. The minimum atomic E-state index is -2.13. The van der Waals surface area contributed by atoms with Crippen LogP contribution in [0.4, 0.5) is 5.69 Å². The molecule has 28 heteroatoms. The molecule has 25 atom stereocenters. The summed E-state index contributed by atoms with van der Waals surface area (Å²) in [5.41, 5.74) is -0.265. The maximum Gasteiger partial charge on any atom is 0.269 e. The van der Waals surface area contributed by atoms with Crippen LogP contribution in [0.5, 0.6) is 5.75 Å². The molecular formula is C37H57NO27. The molecule has 0 bridgehead atoms. The zero-order valence-corrected chi connectivity index (χ0v) is 34.1. The Bertz CT molecular complexity index is 1640. The first-order chi connectivity index (χ1) is 30.9. The Morgan fingerprint density at radius 2 is 0.815 bits per heavy atom. The summed E-state index contributed by atoms with van der Waals surface area (Å²) < 4.78 is 50.7. The summed E-state index contributed by atoms with van der Waals surface area (Å²) in [5, 5.41) is 181. The van der Waals surface area contributed by atoms with Gasteiger partial charge in [-0.1, -0.05) is 0 Å². The monoisotopic (exact) mass is 947 g/mol. The molecule has 1 saturated carbocycles. The second-order valence-corrected chi connectivity index (χ2v) is 16.3. The predicted molar refractivity (Wildman–Crippen MR) is 201 cm³/mol. The van der Waals surface area contributed by atoms with E-state index >= 15 is 0 Å². The van der Waals surface area contributed by atoms with E-state index < -0.39 is 191 Å². The number of non-ortho nitro benzene ring substituents is 1. The third kappa shape index (κ3) is 10.9. The van der Waals surface area contributed by atoms with Crippen LogP contribution >= 0.6 is 0 Å². The van der Waals surface area contributed by atoms with E-state index in [2.05, 4.69) is 0 Å². The SMILES string of the molecule is O=[N+]([O-])c1ccc(O[C@@H]2O[C@H](CO)C(O[C@@H]3O[C@H](CO)[C@@H](O[C@@H]4O[C@H](CO)C(O[C@@H]5O[C@H](CO)[C@@H](O[C@@H]6C[C@H](CO)[C@@H](O)[C@H](O)[C@H]6O)[C@H](O)[C@H]5O)[C@H](O)[C@H]4O)[C@H](O)[C@H]3O)[C@H](O)[C@H]2O)cc1. The van der Waals surface area contributed by atoms with E-state index in [9.17, 15) is 91.8 Å². The fraction of sp³-hybridized carbons (Fsp3) is 0.838. The largest absolute Gasteiger partial charge is 0.462 e. The average molecular weight is 948 g/mol. The lowest BCUT2D eigenvalue weighted by atomic mass is 9.81. The molecule has 4 saturated heterocycles. The number of nitro benzene ring substituents is 1. The Labute approximate surface area is 367 Å². The van der Waals surface area contributed by atoms with Crippen LogP contribution in [0.1, 0.15) is 6.42 Å². The van der Waals surface area contributed by atoms with Crippen molar-refractivity contribution in [2.45, 2.75) is 154 Å². The molecule has 1 aromatic carbocycles. The van der Waals surface area contributed by atoms with Crippen LogP contribution in [0.25, 0.3) is 0 Å². The number of hydrogen-bond acceptors (Lipinski definition) is 27. The summed E-state index contributed by atoms with van der Waals surface area (Å²) in [6.07, 6.45) is -43.4. The van der Waals surface area contributed by atoms with Gasteiger partial charge >= 0.3 is 0 Å². The molecule has 6 rings (SSSR count).